The number of carbonyl (C=O) groups is 3. The molecule has 0 fully saturated rings. The topological polar surface area (TPSA) is 70.2 Å². The fourth-order valence-corrected chi connectivity index (χ4v) is 3.25. The van der Waals surface area contributed by atoms with Crippen molar-refractivity contribution in [2.24, 2.45) is 0 Å². The molecule has 1 aromatic heterocycles. The SMILES string of the molecule is CN1C(=O)C(c2ccccc2C=O)=C(c2c[nH]c3ccccc23)C1=O. The molecule has 5 nitrogen and oxygen atoms in total. The van der Waals surface area contributed by atoms with E-state index in [0.717, 1.165) is 15.8 Å². The normalized spacial score (nSPS) is 14.7. The van der Waals surface area contributed by atoms with Crippen LogP contribution < -0.4 is 0 Å². The van der Waals surface area contributed by atoms with Crippen molar-refractivity contribution in [3.63, 3.8) is 0 Å². The molecule has 122 valence electrons. The molecule has 0 saturated carbocycles. The lowest BCUT2D eigenvalue weighted by atomic mass is 9.93. The van der Waals surface area contributed by atoms with Crippen molar-refractivity contribution in [3.8, 4) is 0 Å². The van der Waals surface area contributed by atoms with Crippen LogP contribution >= 0.6 is 0 Å². The van der Waals surface area contributed by atoms with Gasteiger partial charge in [0.15, 0.2) is 6.29 Å². The van der Waals surface area contributed by atoms with E-state index in [2.05, 4.69) is 4.98 Å². The number of H-pyrrole nitrogens is 1. The number of aldehydes is 1. The Balaban J connectivity index is 2.07. The van der Waals surface area contributed by atoms with Crippen LogP contribution in [0, 0.1) is 0 Å². The summed E-state index contributed by atoms with van der Waals surface area (Å²) < 4.78 is 0. The Bertz CT molecular complexity index is 1080. The molecule has 1 aliphatic heterocycles. The molecule has 0 radical (unpaired) electrons. The first-order chi connectivity index (χ1) is 12.1. The number of aromatic amines is 1. The van der Waals surface area contributed by atoms with Crippen molar-refractivity contribution in [1.29, 1.82) is 0 Å². The van der Waals surface area contributed by atoms with E-state index in [1.165, 1.54) is 7.05 Å². The second-order valence-electron chi connectivity index (χ2n) is 5.87. The molecular formula is C20H14N2O3. The Kier molecular flexibility index (Phi) is 3.35. The smallest absolute Gasteiger partial charge is 0.261 e. The second kappa shape index (κ2) is 5.56. The number of likely N-dealkylation sites (N-methyl/N-ethyl adjacent to an activating group) is 1. The van der Waals surface area contributed by atoms with Crippen LogP contribution in [0.3, 0.4) is 0 Å². The average molecular weight is 330 g/mol. The summed E-state index contributed by atoms with van der Waals surface area (Å²) in [6.45, 7) is 0. The molecule has 2 heterocycles. The van der Waals surface area contributed by atoms with Crippen LogP contribution in [0.1, 0.15) is 21.5 Å². The number of para-hydroxylation sites is 1. The fraction of sp³-hybridized carbons (Fsp3) is 0.0500. The molecule has 0 saturated heterocycles. The Morgan fingerprint density at radius 1 is 0.880 bits per heavy atom. The van der Waals surface area contributed by atoms with Crippen LogP contribution in [-0.2, 0) is 9.59 Å². The maximum absolute atomic E-state index is 12.8. The van der Waals surface area contributed by atoms with Gasteiger partial charge in [-0.3, -0.25) is 19.3 Å². The lowest BCUT2D eigenvalue weighted by Gasteiger charge is -2.07. The Morgan fingerprint density at radius 2 is 1.52 bits per heavy atom. The lowest BCUT2D eigenvalue weighted by molar-refractivity contribution is -0.134. The lowest BCUT2D eigenvalue weighted by Crippen LogP contribution is -2.26. The first-order valence-corrected chi connectivity index (χ1v) is 7.81. The van der Waals surface area contributed by atoms with Crippen LogP contribution in [0.25, 0.3) is 22.0 Å². The number of imide groups is 1. The fourth-order valence-electron chi connectivity index (χ4n) is 3.25. The molecule has 5 heteroatoms. The van der Waals surface area contributed by atoms with Crippen LogP contribution in [-0.4, -0.2) is 35.0 Å². The summed E-state index contributed by atoms with van der Waals surface area (Å²) in [5.41, 5.74) is 2.97. The maximum Gasteiger partial charge on any atom is 0.261 e. The Labute approximate surface area is 143 Å². The third-order valence-electron chi connectivity index (χ3n) is 4.50. The van der Waals surface area contributed by atoms with Crippen LogP contribution in [0.4, 0.5) is 0 Å². The van der Waals surface area contributed by atoms with E-state index in [4.69, 9.17) is 0 Å². The van der Waals surface area contributed by atoms with Crippen molar-refractivity contribution in [1.82, 2.24) is 9.88 Å². The molecule has 0 aliphatic carbocycles. The van der Waals surface area contributed by atoms with Gasteiger partial charge in [-0.1, -0.05) is 42.5 Å². The third kappa shape index (κ3) is 2.13. The monoisotopic (exact) mass is 330 g/mol. The second-order valence-corrected chi connectivity index (χ2v) is 5.87. The van der Waals surface area contributed by atoms with E-state index in [-0.39, 0.29) is 11.5 Å². The minimum Gasteiger partial charge on any atom is -0.361 e. The summed E-state index contributed by atoms with van der Waals surface area (Å²) in [5.74, 6) is -0.773. The van der Waals surface area contributed by atoms with Crippen LogP contribution in [0.5, 0.6) is 0 Å². The van der Waals surface area contributed by atoms with Gasteiger partial charge < -0.3 is 4.98 Å². The van der Waals surface area contributed by atoms with Gasteiger partial charge in [0.05, 0.1) is 11.1 Å². The van der Waals surface area contributed by atoms with Crippen molar-refractivity contribution >= 4 is 40.1 Å². The summed E-state index contributed by atoms with van der Waals surface area (Å²) in [4.78, 5) is 41.2. The number of carbonyl (C=O) groups excluding carboxylic acids is 3. The van der Waals surface area contributed by atoms with Crippen molar-refractivity contribution in [2.75, 3.05) is 7.05 Å². The average Bonchev–Trinajstić information content (AvgIpc) is 3.16. The van der Waals surface area contributed by atoms with Gasteiger partial charge in [0, 0.05) is 35.3 Å². The molecule has 0 atom stereocenters. The molecule has 1 aliphatic rings. The van der Waals surface area contributed by atoms with E-state index >= 15 is 0 Å². The zero-order valence-corrected chi connectivity index (χ0v) is 13.4. The van der Waals surface area contributed by atoms with Crippen LogP contribution in [0.2, 0.25) is 0 Å². The van der Waals surface area contributed by atoms with Crippen molar-refractivity contribution < 1.29 is 14.4 Å². The highest BCUT2D eigenvalue weighted by atomic mass is 16.2. The summed E-state index contributed by atoms with van der Waals surface area (Å²) >= 11 is 0. The van der Waals surface area contributed by atoms with E-state index in [9.17, 15) is 14.4 Å². The number of nitrogens with one attached hydrogen (secondary N) is 1. The molecule has 25 heavy (non-hydrogen) atoms. The molecule has 1 N–H and O–H groups in total. The highest BCUT2D eigenvalue weighted by Gasteiger charge is 2.38. The predicted octanol–water partition coefficient (Wildman–Crippen LogP) is 2.89. The number of hydrogen-bond donors (Lipinski definition) is 1. The van der Waals surface area contributed by atoms with Gasteiger partial charge in [0.25, 0.3) is 11.8 Å². The molecule has 2 aromatic carbocycles. The van der Waals surface area contributed by atoms with Gasteiger partial charge in [-0.2, -0.15) is 0 Å². The number of fused-ring (bicyclic) bond motifs is 1. The Morgan fingerprint density at radius 3 is 2.28 bits per heavy atom. The maximum atomic E-state index is 12.8. The molecule has 0 bridgehead atoms. The largest absolute Gasteiger partial charge is 0.361 e. The van der Waals surface area contributed by atoms with E-state index in [0.29, 0.717) is 28.5 Å². The molecule has 2 amide bonds. The van der Waals surface area contributed by atoms with E-state index < -0.39 is 5.91 Å². The molecular weight excluding hydrogens is 316 g/mol. The first-order valence-electron chi connectivity index (χ1n) is 7.81. The number of benzene rings is 2. The number of rotatable bonds is 3. The van der Waals surface area contributed by atoms with Gasteiger partial charge in [-0.15, -0.1) is 0 Å². The predicted molar refractivity (Wildman–Crippen MR) is 94.7 cm³/mol. The van der Waals surface area contributed by atoms with Gasteiger partial charge in [0.2, 0.25) is 0 Å². The summed E-state index contributed by atoms with van der Waals surface area (Å²) in [5, 5.41) is 0.857. The van der Waals surface area contributed by atoms with Crippen LogP contribution in [0.15, 0.2) is 54.7 Å². The zero-order chi connectivity index (χ0) is 17.6. The highest BCUT2D eigenvalue weighted by molar-refractivity contribution is 6.50. The third-order valence-corrected chi connectivity index (χ3v) is 4.50. The first kappa shape index (κ1) is 15.1. The number of nitrogens with zero attached hydrogens (tertiary/aromatic N) is 1. The Hall–Kier alpha value is -3.47. The summed E-state index contributed by atoms with van der Waals surface area (Å²) in [6, 6.07) is 14.4. The van der Waals surface area contributed by atoms with Gasteiger partial charge >= 0.3 is 0 Å². The number of hydrogen-bond acceptors (Lipinski definition) is 3. The minimum absolute atomic E-state index is 0.264. The van der Waals surface area contributed by atoms with Gasteiger partial charge in [-0.05, 0) is 11.6 Å². The molecule has 3 aromatic rings. The molecule has 0 spiro atoms. The summed E-state index contributed by atoms with van der Waals surface area (Å²) in [6.07, 6.45) is 2.43. The standard InChI is InChI=1S/C20H14N2O3/c1-22-19(24)17(13-7-3-2-6-12(13)11-23)18(20(22)25)15-10-21-16-9-5-4-8-14(15)16/h2-11,21H,1H3. The van der Waals surface area contributed by atoms with Gasteiger partial charge in [0.1, 0.15) is 0 Å². The van der Waals surface area contributed by atoms with Crippen molar-refractivity contribution in [3.05, 3.63) is 71.4 Å². The number of amides is 2. The highest BCUT2D eigenvalue weighted by Crippen LogP contribution is 2.38. The summed E-state index contributed by atoms with van der Waals surface area (Å²) in [7, 11) is 1.45. The molecule has 0 unspecified atom stereocenters. The number of aromatic nitrogens is 1. The van der Waals surface area contributed by atoms with E-state index in [1.807, 2.05) is 24.3 Å². The van der Waals surface area contributed by atoms with E-state index in [1.54, 1.807) is 30.5 Å². The zero-order valence-electron chi connectivity index (χ0n) is 13.4. The molecule has 4 rings (SSSR count). The van der Waals surface area contributed by atoms with Crippen molar-refractivity contribution in [2.45, 2.75) is 0 Å². The van der Waals surface area contributed by atoms with Gasteiger partial charge in [-0.25, -0.2) is 0 Å². The minimum atomic E-state index is -0.403. The quantitative estimate of drug-likeness (QED) is 0.593.